The Morgan fingerprint density at radius 1 is 0.466 bits per heavy atom. The van der Waals surface area contributed by atoms with Gasteiger partial charge in [-0.15, -0.1) is 0 Å². The van der Waals surface area contributed by atoms with E-state index >= 15 is 0 Å². The molecule has 2 saturated heterocycles. The number of urea groups is 2. The third kappa shape index (κ3) is 7.75. The average molecular weight is 779 g/mol. The molecule has 4 amide bonds. The number of hydrogen-bond donors (Lipinski definition) is 4. The summed E-state index contributed by atoms with van der Waals surface area (Å²) in [5.41, 5.74) is 8.34. The fraction of sp³-hybridized carbons (Fsp3) is 0.520. The summed E-state index contributed by atoms with van der Waals surface area (Å²) in [6, 6.07) is 33.5. The topological polar surface area (TPSA) is 88.7 Å². The van der Waals surface area contributed by atoms with E-state index in [1.165, 1.54) is 77.3 Å². The molecular formula is C50H62N6O2. The van der Waals surface area contributed by atoms with Gasteiger partial charge in [0.1, 0.15) is 0 Å². The molecule has 4 atom stereocenters. The molecule has 10 rings (SSSR count). The van der Waals surface area contributed by atoms with Gasteiger partial charge in [0.15, 0.2) is 0 Å². The quantitative estimate of drug-likeness (QED) is 0.115. The molecule has 4 aliphatic heterocycles. The van der Waals surface area contributed by atoms with E-state index in [1.54, 1.807) is 22.3 Å². The maximum atomic E-state index is 13.2. The van der Waals surface area contributed by atoms with Gasteiger partial charge in [0.2, 0.25) is 0 Å². The molecular weight excluding hydrogens is 717 g/mol. The first-order valence-electron chi connectivity index (χ1n) is 22.8. The van der Waals surface area contributed by atoms with Gasteiger partial charge in [-0.3, -0.25) is 9.80 Å². The number of benzene rings is 4. The molecule has 4 N–H and O–H groups in total. The lowest BCUT2D eigenvalue weighted by Gasteiger charge is -2.31. The first-order chi connectivity index (χ1) is 28.5. The van der Waals surface area contributed by atoms with Crippen molar-refractivity contribution in [3.05, 3.63) is 118 Å². The van der Waals surface area contributed by atoms with E-state index < -0.39 is 0 Å². The molecule has 4 aromatic carbocycles. The Labute approximate surface area is 344 Å². The molecule has 4 fully saturated rings. The molecule has 4 bridgehead atoms. The van der Waals surface area contributed by atoms with E-state index in [0.717, 1.165) is 59.4 Å². The van der Waals surface area contributed by atoms with Crippen LogP contribution in [0.2, 0.25) is 0 Å². The maximum absolute atomic E-state index is 13.2. The molecule has 0 aromatic heterocycles. The van der Waals surface area contributed by atoms with Crippen molar-refractivity contribution in [3.63, 3.8) is 0 Å². The van der Waals surface area contributed by atoms with Crippen LogP contribution in [0.25, 0.3) is 10.8 Å². The van der Waals surface area contributed by atoms with Crippen molar-refractivity contribution in [1.82, 2.24) is 31.1 Å². The summed E-state index contributed by atoms with van der Waals surface area (Å²) in [6.07, 6.45) is 16.6. The second kappa shape index (κ2) is 16.7. The van der Waals surface area contributed by atoms with Gasteiger partial charge in [-0.05, 0) is 171 Å². The third-order valence-electron chi connectivity index (χ3n) is 15.4. The van der Waals surface area contributed by atoms with Gasteiger partial charge in [0.05, 0.1) is 0 Å². The van der Waals surface area contributed by atoms with Gasteiger partial charge in [0.25, 0.3) is 0 Å². The molecule has 58 heavy (non-hydrogen) atoms. The molecule has 304 valence electrons. The minimum Gasteiger partial charge on any atom is -0.335 e. The second-order valence-corrected chi connectivity index (χ2v) is 18.6. The number of hydrogen-bond acceptors (Lipinski definition) is 4. The monoisotopic (exact) mass is 778 g/mol. The maximum Gasteiger partial charge on any atom is 0.315 e. The average Bonchev–Trinajstić information content (AvgIpc) is 4.03. The molecule has 4 aromatic rings. The zero-order chi connectivity index (χ0) is 39.0. The van der Waals surface area contributed by atoms with Crippen molar-refractivity contribution in [2.75, 3.05) is 13.1 Å². The van der Waals surface area contributed by atoms with Crippen molar-refractivity contribution >= 4 is 22.8 Å². The Morgan fingerprint density at radius 3 is 1.17 bits per heavy atom. The summed E-state index contributed by atoms with van der Waals surface area (Å²) in [5.74, 6) is 1.48. The van der Waals surface area contributed by atoms with Gasteiger partial charge >= 0.3 is 12.1 Å². The van der Waals surface area contributed by atoms with Crippen molar-refractivity contribution in [3.8, 4) is 0 Å². The summed E-state index contributed by atoms with van der Waals surface area (Å²) in [6.45, 7) is 3.21. The fourth-order valence-electron chi connectivity index (χ4n) is 12.3. The molecule has 6 aliphatic rings. The Morgan fingerprint density at radius 2 is 0.810 bits per heavy atom. The van der Waals surface area contributed by atoms with Crippen LogP contribution < -0.4 is 21.3 Å². The minimum absolute atomic E-state index is 0.104. The molecule has 2 saturated carbocycles. The Hall–Kier alpha value is -4.40. The molecule has 0 radical (unpaired) electrons. The molecule has 0 unspecified atom stereocenters. The highest BCUT2D eigenvalue weighted by Crippen LogP contribution is 2.54. The highest BCUT2D eigenvalue weighted by molar-refractivity contribution is 5.84. The van der Waals surface area contributed by atoms with Crippen molar-refractivity contribution in [2.45, 2.75) is 139 Å². The number of amides is 4. The lowest BCUT2D eigenvalue weighted by Crippen LogP contribution is -2.44. The second-order valence-electron chi connectivity index (χ2n) is 18.6. The summed E-state index contributed by atoms with van der Waals surface area (Å²) in [4.78, 5) is 32.0. The number of carbonyl (C=O) groups excluding carboxylic acids is 2. The van der Waals surface area contributed by atoms with E-state index in [1.807, 2.05) is 12.1 Å². The van der Waals surface area contributed by atoms with Crippen molar-refractivity contribution in [1.29, 1.82) is 0 Å². The number of nitrogens with zero attached hydrogens (tertiary/aromatic N) is 2. The van der Waals surface area contributed by atoms with Crippen LogP contribution in [-0.4, -0.2) is 47.0 Å². The highest BCUT2D eigenvalue weighted by atomic mass is 16.2. The smallest absolute Gasteiger partial charge is 0.315 e. The van der Waals surface area contributed by atoms with Gasteiger partial charge in [0, 0.05) is 49.3 Å². The van der Waals surface area contributed by atoms with Gasteiger partial charge in [-0.2, -0.15) is 0 Å². The van der Waals surface area contributed by atoms with Crippen LogP contribution in [0.5, 0.6) is 0 Å². The van der Waals surface area contributed by atoms with E-state index in [4.69, 9.17) is 0 Å². The van der Waals surface area contributed by atoms with E-state index in [9.17, 15) is 9.59 Å². The third-order valence-corrected chi connectivity index (χ3v) is 15.4. The van der Waals surface area contributed by atoms with Crippen LogP contribution in [0.4, 0.5) is 9.59 Å². The lowest BCUT2D eigenvalue weighted by atomic mass is 9.84. The summed E-state index contributed by atoms with van der Waals surface area (Å²) < 4.78 is 0. The van der Waals surface area contributed by atoms with Crippen molar-refractivity contribution in [2.24, 2.45) is 11.8 Å². The Balaban J connectivity index is 0.657. The number of rotatable bonds is 12. The molecule has 4 heterocycles. The summed E-state index contributed by atoms with van der Waals surface area (Å²) >= 11 is 0. The van der Waals surface area contributed by atoms with E-state index in [-0.39, 0.29) is 24.1 Å². The van der Waals surface area contributed by atoms with Crippen LogP contribution in [0.15, 0.2) is 84.9 Å². The van der Waals surface area contributed by atoms with Crippen LogP contribution >= 0.6 is 0 Å². The predicted molar refractivity (Wildman–Crippen MR) is 231 cm³/mol. The number of fused-ring (bicyclic) bond motifs is 11. The zero-order valence-corrected chi connectivity index (χ0v) is 34.1. The number of carbonyl (C=O) groups is 2. The zero-order valence-electron chi connectivity index (χ0n) is 34.1. The lowest BCUT2D eigenvalue weighted by molar-refractivity contribution is 0.185. The first-order valence-corrected chi connectivity index (χ1v) is 22.8. The van der Waals surface area contributed by atoms with Crippen molar-refractivity contribution < 1.29 is 9.59 Å². The van der Waals surface area contributed by atoms with Crippen LogP contribution in [-0.2, 0) is 13.1 Å². The Bertz CT molecular complexity index is 1890. The summed E-state index contributed by atoms with van der Waals surface area (Å²) in [7, 11) is 0. The van der Waals surface area contributed by atoms with Crippen LogP contribution in [0.1, 0.15) is 147 Å². The largest absolute Gasteiger partial charge is 0.335 e. The first kappa shape index (κ1) is 37.8. The predicted octanol–water partition coefficient (Wildman–Crippen LogP) is 10.1. The van der Waals surface area contributed by atoms with E-state index in [0.29, 0.717) is 37.3 Å². The minimum atomic E-state index is -0.104. The van der Waals surface area contributed by atoms with Gasteiger partial charge < -0.3 is 21.3 Å². The van der Waals surface area contributed by atoms with Gasteiger partial charge in [-0.25, -0.2) is 9.59 Å². The summed E-state index contributed by atoms with van der Waals surface area (Å²) in [5, 5.41) is 15.2. The molecule has 8 nitrogen and oxygen atoms in total. The van der Waals surface area contributed by atoms with Crippen LogP contribution in [0.3, 0.4) is 0 Å². The van der Waals surface area contributed by atoms with Crippen LogP contribution in [0, 0.1) is 11.8 Å². The van der Waals surface area contributed by atoms with E-state index in [2.05, 4.69) is 104 Å². The molecule has 0 spiro atoms. The standard InChI is InChI=1S/C50H62N6O2/c57-49(53-39-17-13-33(14-18-39)25-27-55-45-21-22-46(55)42-10-4-3-9-41(42)45)51-31-37-29-35-7-1-2-8-36(35)30-38(37)32-52-50(58)54-40-19-15-34(16-20-40)26-28-56-47-23-24-48(56)44-12-6-5-11-43(44)47/h1-12,29-30,33-34,39-40,45-48H,13-28,31-32H2,(H2,51,53,57)(H2,52,54,58)/t33-,34-,39-,40-,45-,46+,47-,48+. The SMILES string of the molecule is O=C(NCc1cc2ccccc2cc1CNC(=O)N[C@H]1CC[C@H](CCN2[C@@H]3CC[C@H]2c2ccccc23)CC1)N[C@H]1CC[C@H](CCN2[C@@H]3CC[C@H]2c2ccccc23)CC1. The van der Waals surface area contributed by atoms with Gasteiger partial charge in [-0.1, -0.05) is 72.8 Å². The Kier molecular flexibility index (Phi) is 10.9. The molecule has 2 aliphatic carbocycles. The molecule has 8 heteroatoms. The normalized spacial score (nSPS) is 28.6. The fourth-order valence-corrected chi connectivity index (χ4v) is 12.3. The number of nitrogens with one attached hydrogen (secondary N) is 4. The highest BCUT2D eigenvalue weighted by Gasteiger charge is 2.44.